The quantitative estimate of drug-likeness (QED) is 0.834. The number of hydrogen-bond acceptors (Lipinski definition) is 2. The van der Waals surface area contributed by atoms with Gasteiger partial charge in [-0.2, -0.15) is 0 Å². The molecule has 0 bridgehead atoms. The average molecular weight is 272 g/mol. The van der Waals surface area contributed by atoms with Crippen molar-refractivity contribution in [3.63, 3.8) is 0 Å². The van der Waals surface area contributed by atoms with E-state index in [9.17, 15) is 4.79 Å². The summed E-state index contributed by atoms with van der Waals surface area (Å²) in [5.41, 5.74) is 6.02. The Bertz CT molecular complexity index is 461. The zero-order chi connectivity index (χ0) is 12.6. The first-order chi connectivity index (χ1) is 7.97. The van der Waals surface area contributed by atoms with Crippen molar-refractivity contribution in [1.29, 1.82) is 0 Å². The van der Waals surface area contributed by atoms with Crippen molar-refractivity contribution in [3.05, 3.63) is 33.8 Å². The van der Waals surface area contributed by atoms with Crippen molar-refractivity contribution >= 4 is 29.0 Å². The normalized spacial score (nSPS) is 28.4. The molecule has 1 aliphatic carbocycles. The van der Waals surface area contributed by atoms with Crippen LogP contribution in [0.4, 0.5) is 0 Å². The second-order valence-corrected chi connectivity index (χ2v) is 5.63. The van der Waals surface area contributed by atoms with Crippen molar-refractivity contribution in [3.8, 4) is 0 Å². The lowest BCUT2D eigenvalue weighted by atomic mass is 9.78. The summed E-state index contributed by atoms with van der Waals surface area (Å²) in [6.07, 6.45) is 2.69. The predicted molar refractivity (Wildman–Crippen MR) is 70.7 cm³/mol. The fraction of sp³-hybridized carbons (Fsp3) is 0.462. The number of Topliss-reactive ketones (excluding diaryl/α,β-unsaturated/α-hetero) is 1. The minimum absolute atomic E-state index is 0.00926. The number of rotatable bonds is 2. The van der Waals surface area contributed by atoms with E-state index in [2.05, 4.69) is 0 Å². The molecule has 2 nitrogen and oxygen atoms in total. The van der Waals surface area contributed by atoms with Gasteiger partial charge in [-0.3, -0.25) is 4.79 Å². The Morgan fingerprint density at radius 2 is 2.18 bits per heavy atom. The topological polar surface area (TPSA) is 43.1 Å². The van der Waals surface area contributed by atoms with E-state index in [1.165, 1.54) is 0 Å². The maximum atomic E-state index is 12.5. The molecule has 0 saturated heterocycles. The first kappa shape index (κ1) is 12.9. The van der Waals surface area contributed by atoms with Crippen LogP contribution in [0.15, 0.2) is 18.2 Å². The number of hydrogen-bond donors (Lipinski definition) is 1. The van der Waals surface area contributed by atoms with Crippen molar-refractivity contribution in [1.82, 2.24) is 0 Å². The Balaban J connectivity index is 2.41. The molecule has 0 amide bonds. The van der Waals surface area contributed by atoms with Gasteiger partial charge in [-0.1, -0.05) is 42.6 Å². The van der Waals surface area contributed by atoms with Crippen LogP contribution in [0.25, 0.3) is 0 Å². The molecule has 0 aliphatic heterocycles. The molecule has 1 saturated carbocycles. The van der Waals surface area contributed by atoms with Crippen molar-refractivity contribution in [2.45, 2.75) is 32.2 Å². The minimum Gasteiger partial charge on any atom is -0.327 e. The Morgan fingerprint density at radius 3 is 2.76 bits per heavy atom. The number of benzene rings is 1. The van der Waals surface area contributed by atoms with Crippen LogP contribution in [0, 0.1) is 5.41 Å². The van der Waals surface area contributed by atoms with Crippen LogP contribution in [-0.4, -0.2) is 11.8 Å². The van der Waals surface area contributed by atoms with Crippen molar-refractivity contribution < 1.29 is 4.79 Å². The van der Waals surface area contributed by atoms with E-state index in [4.69, 9.17) is 28.9 Å². The van der Waals surface area contributed by atoms with Gasteiger partial charge in [-0.05, 0) is 25.0 Å². The zero-order valence-electron chi connectivity index (χ0n) is 9.67. The van der Waals surface area contributed by atoms with E-state index in [1.54, 1.807) is 18.2 Å². The first-order valence-electron chi connectivity index (χ1n) is 5.71. The summed E-state index contributed by atoms with van der Waals surface area (Å²) in [5, 5.41) is 0.743. The number of carbonyl (C=O) groups excluding carboxylic acids is 1. The maximum Gasteiger partial charge on any atom is 0.171 e. The fourth-order valence-corrected chi connectivity index (χ4v) is 2.85. The number of halogens is 2. The zero-order valence-corrected chi connectivity index (χ0v) is 11.2. The monoisotopic (exact) mass is 271 g/mol. The highest BCUT2D eigenvalue weighted by molar-refractivity contribution is 6.44. The number of carbonyl (C=O) groups is 1. The highest BCUT2D eigenvalue weighted by Crippen LogP contribution is 2.41. The summed E-state index contributed by atoms with van der Waals surface area (Å²) in [4.78, 5) is 12.5. The van der Waals surface area contributed by atoms with Gasteiger partial charge in [0.15, 0.2) is 5.78 Å². The molecule has 0 radical (unpaired) electrons. The van der Waals surface area contributed by atoms with Crippen LogP contribution in [0.3, 0.4) is 0 Å². The summed E-state index contributed by atoms with van der Waals surface area (Å²) in [7, 11) is 0. The lowest BCUT2D eigenvalue weighted by Gasteiger charge is -2.27. The third-order valence-electron chi connectivity index (χ3n) is 3.74. The molecule has 0 aromatic heterocycles. The molecule has 1 aromatic rings. The van der Waals surface area contributed by atoms with E-state index in [0.717, 1.165) is 19.3 Å². The van der Waals surface area contributed by atoms with E-state index in [1.807, 2.05) is 6.92 Å². The Kier molecular flexibility index (Phi) is 3.48. The number of ketones is 1. The molecule has 0 spiro atoms. The summed E-state index contributed by atoms with van der Waals surface area (Å²) < 4.78 is 0. The molecule has 92 valence electrons. The summed E-state index contributed by atoms with van der Waals surface area (Å²) in [6, 6.07) is 5.04. The van der Waals surface area contributed by atoms with Gasteiger partial charge in [0.25, 0.3) is 0 Å². The molecule has 2 rings (SSSR count). The molecular weight excluding hydrogens is 257 g/mol. The van der Waals surface area contributed by atoms with Crippen LogP contribution < -0.4 is 5.73 Å². The molecule has 2 N–H and O–H groups in total. The lowest BCUT2D eigenvalue weighted by Crippen LogP contribution is -2.41. The highest BCUT2D eigenvalue weighted by atomic mass is 35.5. The molecule has 17 heavy (non-hydrogen) atoms. The minimum atomic E-state index is -0.506. The van der Waals surface area contributed by atoms with Gasteiger partial charge >= 0.3 is 0 Å². The predicted octanol–water partition coefficient (Wildman–Crippen LogP) is 3.69. The second-order valence-electron chi connectivity index (χ2n) is 4.85. The first-order valence-corrected chi connectivity index (χ1v) is 6.47. The largest absolute Gasteiger partial charge is 0.327 e. The van der Waals surface area contributed by atoms with Gasteiger partial charge in [0.05, 0.1) is 10.0 Å². The van der Waals surface area contributed by atoms with Gasteiger partial charge in [-0.15, -0.1) is 0 Å². The SMILES string of the molecule is CC1(C(=O)c2cccc(Cl)c2Cl)CCCC1N. The third-order valence-corrected chi connectivity index (χ3v) is 4.56. The third kappa shape index (κ3) is 2.10. The molecule has 0 heterocycles. The van der Waals surface area contributed by atoms with Crippen molar-refractivity contribution in [2.75, 3.05) is 0 Å². The van der Waals surface area contributed by atoms with Gasteiger partial charge in [0, 0.05) is 17.0 Å². The molecule has 1 aromatic carbocycles. The standard InChI is InChI=1S/C13H15Cl2NO/c1-13(7-3-6-10(13)16)12(17)8-4-2-5-9(14)11(8)15/h2,4-5,10H,3,6-7,16H2,1H3. The van der Waals surface area contributed by atoms with Gasteiger partial charge in [0.1, 0.15) is 0 Å². The molecule has 2 unspecified atom stereocenters. The summed E-state index contributed by atoms with van der Waals surface area (Å²) in [6.45, 7) is 1.92. The van der Waals surface area contributed by atoms with E-state index in [-0.39, 0.29) is 11.8 Å². The van der Waals surface area contributed by atoms with E-state index >= 15 is 0 Å². The van der Waals surface area contributed by atoms with Crippen LogP contribution in [-0.2, 0) is 0 Å². The van der Waals surface area contributed by atoms with Crippen LogP contribution in [0.2, 0.25) is 10.0 Å². The molecule has 1 fully saturated rings. The van der Waals surface area contributed by atoms with Crippen molar-refractivity contribution in [2.24, 2.45) is 11.1 Å². The Hall–Kier alpha value is -0.570. The van der Waals surface area contributed by atoms with Gasteiger partial charge < -0.3 is 5.73 Å². The second kappa shape index (κ2) is 4.60. The molecule has 4 heteroatoms. The highest BCUT2D eigenvalue weighted by Gasteiger charge is 2.43. The maximum absolute atomic E-state index is 12.5. The molecule has 1 aliphatic rings. The Morgan fingerprint density at radius 1 is 1.47 bits per heavy atom. The van der Waals surface area contributed by atoms with Crippen LogP contribution in [0.1, 0.15) is 36.5 Å². The van der Waals surface area contributed by atoms with E-state index in [0.29, 0.717) is 15.6 Å². The fourth-order valence-electron chi connectivity index (χ4n) is 2.46. The smallest absolute Gasteiger partial charge is 0.171 e. The molecular formula is C13H15Cl2NO. The molecule has 2 atom stereocenters. The average Bonchev–Trinajstić information content (AvgIpc) is 2.64. The summed E-state index contributed by atoms with van der Waals surface area (Å²) >= 11 is 12.0. The van der Waals surface area contributed by atoms with E-state index < -0.39 is 5.41 Å². The lowest BCUT2D eigenvalue weighted by molar-refractivity contribution is 0.0803. The van der Waals surface area contributed by atoms with Gasteiger partial charge in [-0.25, -0.2) is 0 Å². The van der Waals surface area contributed by atoms with Crippen LogP contribution >= 0.6 is 23.2 Å². The van der Waals surface area contributed by atoms with Crippen LogP contribution in [0.5, 0.6) is 0 Å². The summed E-state index contributed by atoms with van der Waals surface area (Å²) in [5.74, 6) is 0.00926. The van der Waals surface area contributed by atoms with Gasteiger partial charge in [0.2, 0.25) is 0 Å². The number of nitrogens with two attached hydrogens (primary N) is 1. The Labute approximate surface area is 111 Å².